The first-order valence-electron chi connectivity index (χ1n) is 7.94. The van der Waals surface area contributed by atoms with Gasteiger partial charge in [-0.05, 0) is 24.1 Å². The summed E-state index contributed by atoms with van der Waals surface area (Å²) in [6.45, 7) is 0.766. The van der Waals surface area contributed by atoms with Crippen LogP contribution in [0.3, 0.4) is 0 Å². The van der Waals surface area contributed by atoms with Crippen molar-refractivity contribution in [2.75, 3.05) is 19.0 Å². The zero-order chi connectivity index (χ0) is 16.4. The van der Waals surface area contributed by atoms with Crippen LogP contribution >= 0.6 is 0 Å². The summed E-state index contributed by atoms with van der Waals surface area (Å²) < 4.78 is 5.40. The van der Waals surface area contributed by atoms with Crippen molar-refractivity contribution in [3.05, 3.63) is 60.4 Å². The molecule has 2 aromatic carbocycles. The molecular weight excluding hydrogens is 300 g/mol. The first-order valence-corrected chi connectivity index (χ1v) is 7.94. The lowest BCUT2D eigenvalue weighted by atomic mass is 10.1. The molecule has 0 saturated heterocycles. The lowest BCUT2D eigenvalue weighted by molar-refractivity contribution is 0.410. The molecule has 0 spiro atoms. The third-order valence-electron chi connectivity index (χ3n) is 4.17. The summed E-state index contributed by atoms with van der Waals surface area (Å²) in [5, 5.41) is 4.52. The molecule has 0 bridgehead atoms. The summed E-state index contributed by atoms with van der Waals surface area (Å²) in [6, 6.07) is 16.2. The lowest BCUT2D eigenvalue weighted by Gasteiger charge is -2.09. The van der Waals surface area contributed by atoms with Crippen molar-refractivity contribution in [3.8, 4) is 5.75 Å². The van der Waals surface area contributed by atoms with Crippen molar-refractivity contribution in [3.63, 3.8) is 0 Å². The summed E-state index contributed by atoms with van der Waals surface area (Å²) in [4.78, 5) is 12.2. The molecule has 0 saturated carbocycles. The Morgan fingerprint density at radius 3 is 2.79 bits per heavy atom. The molecule has 0 aliphatic heterocycles. The van der Waals surface area contributed by atoms with E-state index in [0.717, 1.165) is 46.5 Å². The third kappa shape index (κ3) is 2.54. The van der Waals surface area contributed by atoms with E-state index in [4.69, 9.17) is 4.74 Å². The Morgan fingerprint density at radius 2 is 1.88 bits per heavy atom. The zero-order valence-corrected chi connectivity index (χ0v) is 13.4. The summed E-state index contributed by atoms with van der Waals surface area (Å²) in [7, 11) is 1.70. The number of aromatic nitrogens is 3. The fourth-order valence-corrected chi connectivity index (χ4v) is 3.00. The van der Waals surface area contributed by atoms with Crippen LogP contribution in [0.15, 0.2) is 54.9 Å². The number of H-pyrrole nitrogens is 1. The van der Waals surface area contributed by atoms with Crippen LogP contribution in [0.2, 0.25) is 0 Å². The summed E-state index contributed by atoms with van der Waals surface area (Å²) in [5.74, 6) is 1.74. The first kappa shape index (κ1) is 14.5. The Morgan fingerprint density at radius 1 is 1.04 bits per heavy atom. The highest BCUT2D eigenvalue weighted by atomic mass is 16.5. The molecule has 0 atom stereocenters. The summed E-state index contributed by atoms with van der Waals surface area (Å²) in [6.07, 6.45) is 2.46. The van der Waals surface area contributed by atoms with Gasteiger partial charge in [-0.15, -0.1) is 0 Å². The number of rotatable bonds is 5. The van der Waals surface area contributed by atoms with Gasteiger partial charge in [0, 0.05) is 17.4 Å². The maximum Gasteiger partial charge on any atom is 0.153 e. The molecule has 2 heterocycles. The quantitative estimate of drug-likeness (QED) is 0.588. The van der Waals surface area contributed by atoms with Crippen molar-refractivity contribution < 1.29 is 4.74 Å². The van der Waals surface area contributed by atoms with Gasteiger partial charge in [0.1, 0.15) is 23.1 Å². The number of hydrogen-bond donors (Lipinski definition) is 2. The van der Waals surface area contributed by atoms with Crippen LogP contribution < -0.4 is 10.1 Å². The maximum absolute atomic E-state index is 5.40. The van der Waals surface area contributed by atoms with Gasteiger partial charge in [0.05, 0.1) is 7.11 Å². The Bertz CT molecular complexity index is 993. The Hall–Kier alpha value is -3.08. The second-order valence-corrected chi connectivity index (χ2v) is 5.61. The minimum absolute atomic E-state index is 0.766. The maximum atomic E-state index is 5.40. The Kier molecular flexibility index (Phi) is 3.75. The van der Waals surface area contributed by atoms with Crippen LogP contribution in [0.1, 0.15) is 5.56 Å². The van der Waals surface area contributed by atoms with E-state index in [1.807, 2.05) is 30.3 Å². The average Bonchev–Trinajstić information content (AvgIpc) is 3.02. The standard InChI is InChI=1S/C19H18N4O/c1-24-16-9-5-2-6-13(16)10-11-20-19-18-17(21-12-22-19)14-7-3-4-8-15(14)23-18/h2-9,12,23H,10-11H2,1H3,(H,20,21,22). The smallest absolute Gasteiger partial charge is 0.153 e. The van der Waals surface area contributed by atoms with Gasteiger partial charge in [-0.25, -0.2) is 9.97 Å². The topological polar surface area (TPSA) is 62.8 Å². The number of nitrogens with one attached hydrogen (secondary N) is 2. The van der Waals surface area contributed by atoms with Gasteiger partial charge in [-0.3, -0.25) is 0 Å². The van der Waals surface area contributed by atoms with E-state index < -0.39 is 0 Å². The van der Waals surface area contributed by atoms with E-state index in [9.17, 15) is 0 Å². The van der Waals surface area contributed by atoms with Gasteiger partial charge in [0.15, 0.2) is 5.82 Å². The van der Waals surface area contributed by atoms with Crippen molar-refractivity contribution >= 4 is 27.8 Å². The first-order chi connectivity index (χ1) is 11.9. The van der Waals surface area contributed by atoms with Gasteiger partial charge >= 0.3 is 0 Å². The second kappa shape index (κ2) is 6.20. The number of ether oxygens (including phenoxy) is 1. The molecular formula is C19H18N4O. The van der Waals surface area contributed by atoms with Crippen molar-refractivity contribution in [1.29, 1.82) is 0 Å². The highest BCUT2D eigenvalue weighted by molar-refractivity contribution is 6.07. The minimum atomic E-state index is 0.766. The van der Waals surface area contributed by atoms with Gasteiger partial charge in [0.25, 0.3) is 0 Å². The molecule has 24 heavy (non-hydrogen) atoms. The predicted molar refractivity (Wildman–Crippen MR) is 96.6 cm³/mol. The van der Waals surface area contributed by atoms with E-state index in [1.54, 1.807) is 13.4 Å². The van der Waals surface area contributed by atoms with Gasteiger partial charge < -0.3 is 15.0 Å². The number of methoxy groups -OCH3 is 1. The molecule has 0 aliphatic rings. The largest absolute Gasteiger partial charge is 0.496 e. The number of nitrogens with zero attached hydrogens (tertiary/aromatic N) is 2. The zero-order valence-electron chi connectivity index (χ0n) is 13.4. The lowest BCUT2D eigenvalue weighted by Crippen LogP contribution is -2.07. The van der Waals surface area contributed by atoms with Gasteiger partial charge in [0.2, 0.25) is 0 Å². The molecule has 0 radical (unpaired) electrons. The molecule has 2 aromatic heterocycles. The predicted octanol–water partition coefficient (Wildman–Crippen LogP) is 3.77. The van der Waals surface area contributed by atoms with Gasteiger partial charge in [-0.2, -0.15) is 0 Å². The third-order valence-corrected chi connectivity index (χ3v) is 4.17. The van der Waals surface area contributed by atoms with Crippen LogP contribution in [-0.2, 0) is 6.42 Å². The number of benzene rings is 2. The molecule has 5 nitrogen and oxygen atoms in total. The number of para-hydroxylation sites is 2. The van der Waals surface area contributed by atoms with E-state index >= 15 is 0 Å². The van der Waals surface area contributed by atoms with Crippen molar-refractivity contribution in [2.24, 2.45) is 0 Å². The molecule has 0 fully saturated rings. The fourth-order valence-electron chi connectivity index (χ4n) is 3.00. The molecule has 120 valence electrons. The fraction of sp³-hybridized carbons (Fsp3) is 0.158. The van der Waals surface area contributed by atoms with E-state index in [0.29, 0.717) is 0 Å². The van der Waals surface area contributed by atoms with Crippen LogP contribution in [0, 0.1) is 0 Å². The molecule has 4 rings (SSSR count). The second-order valence-electron chi connectivity index (χ2n) is 5.61. The van der Waals surface area contributed by atoms with Crippen molar-refractivity contribution in [1.82, 2.24) is 15.0 Å². The summed E-state index contributed by atoms with van der Waals surface area (Å²) >= 11 is 0. The van der Waals surface area contributed by atoms with Crippen molar-refractivity contribution in [2.45, 2.75) is 6.42 Å². The SMILES string of the molecule is COc1ccccc1CCNc1ncnc2c1[nH]c1ccccc12. The number of anilines is 1. The molecule has 0 unspecified atom stereocenters. The Labute approximate surface area is 139 Å². The highest BCUT2D eigenvalue weighted by Gasteiger charge is 2.10. The van der Waals surface area contributed by atoms with E-state index in [-0.39, 0.29) is 0 Å². The van der Waals surface area contributed by atoms with E-state index in [2.05, 4.69) is 38.5 Å². The Balaban J connectivity index is 1.59. The number of aromatic amines is 1. The summed E-state index contributed by atoms with van der Waals surface area (Å²) in [5.41, 5.74) is 4.13. The van der Waals surface area contributed by atoms with Crippen LogP contribution in [0.5, 0.6) is 5.75 Å². The van der Waals surface area contributed by atoms with Gasteiger partial charge in [-0.1, -0.05) is 36.4 Å². The molecule has 2 N–H and O–H groups in total. The van der Waals surface area contributed by atoms with Crippen LogP contribution in [-0.4, -0.2) is 28.6 Å². The molecule has 0 aliphatic carbocycles. The van der Waals surface area contributed by atoms with E-state index in [1.165, 1.54) is 5.56 Å². The van der Waals surface area contributed by atoms with Crippen LogP contribution in [0.4, 0.5) is 5.82 Å². The highest BCUT2D eigenvalue weighted by Crippen LogP contribution is 2.27. The molecule has 0 amide bonds. The molecule has 4 aromatic rings. The number of fused-ring (bicyclic) bond motifs is 3. The average molecular weight is 318 g/mol. The monoisotopic (exact) mass is 318 g/mol. The molecule has 5 heteroatoms. The normalized spacial score (nSPS) is 11.0. The van der Waals surface area contributed by atoms with Crippen LogP contribution in [0.25, 0.3) is 21.9 Å². The minimum Gasteiger partial charge on any atom is -0.496 e. The number of hydrogen-bond acceptors (Lipinski definition) is 4.